The first kappa shape index (κ1) is 15.5. The van der Waals surface area contributed by atoms with Crippen LogP contribution in [0.1, 0.15) is 46.0 Å². The summed E-state index contributed by atoms with van der Waals surface area (Å²) < 4.78 is 12.3. The van der Waals surface area contributed by atoms with E-state index < -0.39 is 10.8 Å². The van der Waals surface area contributed by atoms with E-state index in [1.807, 2.05) is 0 Å². The van der Waals surface area contributed by atoms with Crippen molar-refractivity contribution in [3.05, 3.63) is 21.7 Å². The molecule has 2 aliphatic heterocycles. The molecular formula is C17H22N2O2S. The Bertz CT molecular complexity index is 628. The number of rotatable bonds is 1. The third-order valence-electron chi connectivity index (χ3n) is 4.76. The van der Waals surface area contributed by atoms with E-state index in [-0.39, 0.29) is 11.2 Å². The van der Waals surface area contributed by atoms with E-state index in [0.29, 0.717) is 29.1 Å². The van der Waals surface area contributed by atoms with E-state index in [2.05, 4.69) is 24.8 Å². The van der Waals surface area contributed by atoms with Gasteiger partial charge in [0.1, 0.15) is 6.07 Å². The molecule has 1 unspecified atom stereocenters. The molecule has 22 heavy (non-hydrogen) atoms. The molecule has 0 aromatic heterocycles. The van der Waals surface area contributed by atoms with Crippen molar-refractivity contribution in [1.29, 1.82) is 5.26 Å². The lowest BCUT2D eigenvalue weighted by atomic mass is 9.73. The monoisotopic (exact) mass is 318 g/mol. The fourth-order valence-electron chi connectivity index (χ4n) is 3.76. The molecule has 4 nitrogen and oxygen atoms in total. The van der Waals surface area contributed by atoms with Crippen LogP contribution >= 0.6 is 0 Å². The zero-order valence-electron chi connectivity index (χ0n) is 13.3. The fraction of sp³-hybridized carbons (Fsp3) is 0.647. The summed E-state index contributed by atoms with van der Waals surface area (Å²) in [5, 5.41) is 9.72. The maximum atomic E-state index is 12.3. The normalized spacial score (nSPS) is 31.8. The van der Waals surface area contributed by atoms with Gasteiger partial charge in [-0.15, -0.1) is 0 Å². The minimum atomic E-state index is -1.23. The van der Waals surface area contributed by atoms with E-state index in [0.717, 1.165) is 43.6 Å². The molecule has 0 amide bonds. The Morgan fingerprint density at radius 1 is 1.23 bits per heavy atom. The van der Waals surface area contributed by atoms with E-state index in [4.69, 9.17) is 0 Å². The van der Waals surface area contributed by atoms with Crippen LogP contribution in [0.4, 0.5) is 0 Å². The van der Waals surface area contributed by atoms with Crippen molar-refractivity contribution in [3.63, 3.8) is 0 Å². The second-order valence-electron chi connectivity index (χ2n) is 7.18. The highest BCUT2D eigenvalue weighted by Gasteiger charge is 2.38. The summed E-state index contributed by atoms with van der Waals surface area (Å²) in [6, 6.07) is 2.33. The average molecular weight is 318 g/mol. The number of nitrogens with zero attached hydrogens (tertiary/aromatic N) is 2. The maximum Gasteiger partial charge on any atom is 0.172 e. The number of Topliss-reactive ketones (excluding diaryl/α,β-unsaturated/α-hetero) is 1. The van der Waals surface area contributed by atoms with Crippen LogP contribution in [0.25, 0.3) is 0 Å². The highest BCUT2D eigenvalue weighted by Crippen LogP contribution is 2.45. The van der Waals surface area contributed by atoms with E-state index in [9.17, 15) is 14.3 Å². The zero-order valence-corrected chi connectivity index (χ0v) is 14.1. The molecule has 2 saturated heterocycles. The van der Waals surface area contributed by atoms with Crippen molar-refractivity contribution < 1.29 is 9.00 Å². The molecule has 5 heteroatoms. The van der Waals surface area contributed by atoms with E-state index in [1.165, 1.54) is 0 Å². The fourth-order valence-corrected chi connectivity index (χ4v) is 5.14. The van der Waals surface area contributed by atoms with Gasteiger partial charge in [0.15, 0.2) is 5.78 Å². The van der Waals surface area contributed by atoms with Gasteiger partial charge in [-0.1, -0.05) is 13.8 Å². The van der Waals surface area contributed by atoms with Gasteiger partial charge < -0.3 is 4.90 Å². The van der Waals surface area contributed by atoms with Gasteiger partial charge in [-0.3, -0.25) is 9.00 Å². The number of likely N-dealkylation sites (tertiary alicyclic amines) is 1. The largest absolute Gasteiger partial charge is 0.374 e. The second-order valence-corrected chi connectivity index (χ2v) is 8.68. The number of allylic oxidation sites excluding steroid dienone is 4. The third-order valence-corrected chi connectivity index (χ3v) is 6.27. The molecule has 0 N–H and O–H groups in total. The predicted octanol–water partition coefficient (Wildman–Crippen LogP) is 2.66. The molecule has 0 radical (unpaired) electrons. The highest BCUT2D eigenvalue weighted by atomic mass is 32.2. The molecule has 0 aromatic carbocycles. The summed E-state index contributed by atoms with van der Waals surface area (Å²) in [6.07, 6.45) is 4.18. The minimum absolute atomic E-state index is 0.00627. The summed E-state index contributed by atoms with van der Waals surface area (Å²) >= 11 is 0. The van der Waals surface area contributed by atoms with Crippen LogP contribution in [-0.4, -0.2) is 33.7 Å². The molecule has 118 valence electrons. The lowest BCUT2D eigenvalue weighted by Crippen LogP contribution is -2.30. The first-order valence-electron chi connectivity index (χ1n) is 7.96. The smallest absolute Gasteiger partial charge is 0.172 e. The molecule has 1 atom stereocenters. The van der Waals surface area contributed by atoms with Crippen LogP contribution in [0.3, 0.4) is 0 Å². The zero-order chi connectivity index (χ0) is 15.9. The number of nitriles is 1. The van der Waals surface area contributed by atoms with Crippen molar-refractivity contribution in [2.75, 3.05) is 18.8 Å². The molecule has 0 saturated carbocycles. The molecular weight excluding hydrogens is 296 g/mol. The van der Waals surface area contributed by atoms with Gasteiger partial charge in [0, 0.05) is 31.0 Å². The Kier molecular flexibility index (Phi) is 3.98. The number of carbonyl (C=O) groups excluding carboxylic acids is 1. The molecule has 2 fully saturated rings. The van der Waals surface area contributed by atoms with Crippen LogP contribution < -0.4 is 0 Å². The van der Waals surface area contributed by atoms with E-state index >= 15 is 0 Å². The first-order valence-corrected chi connectivity index (χ1v) is 9.28. The predicted molar refractivity (Wildman–Crippen MR) is 86.1 cm³/mol. The molecule has 3 aliphatic rings. The first-order chi connectivity index (χ1) is 10.4. The average Bonchev–Trinajstić information content (AvgIpc) is 3.07. The summed E-state index contributed by atoms with van der Waals surface area (Å²) in [4.78, 5) is 14.9. The third kappa shape index (κ3) is 2.65. The van der Waals surface area contributed by atoms with Crippen molar-refractivity contribution >= 4 is 16.6 Å². The van der Waals surface area contributed by atoms with Gasteiger partial charge in [0.2, 0.25) is 0 Å². The number of hydrogen-bond acceptors (Lipinski definition) is 4. The molecule has 0 spiro atoms. The standard InChI is InChI=1S/C17H22N2O2S/c1-17(2)9-12(16-15(20)5-8-22(16)21)13(11-18)14(10-17)19-6-3-4-7-19/h3-10H2,1-2H3/b16-12-. The Morgan fingerprint density at radius 3 is 2.45 bits per heavy atom. The quantitative estimate of drug-likeness (QED) is 0.697. The van der Waals surface area contributed by atoms with Gasteiger partial charge in [-0.2, -0.15) is 5.26 Å². The molecule has 0 bridgehead atoms. The van der Waals surface area contributed by atoms with Crippen LogP contribution in [0.5, 0.6) is 0 Å². The van der Waals surface area contributed by atoms with Gasteiger partial charge in [-0.05, 0) is 36.7 Å². The van der Waals surface area contributed by atoms with Gasteiger partial charge in [0.05, 0.1) is 21.3 Å². The summed E-state index contributed by atoms with van der Waals surface area (Å²) in [5.41, 5.74) is 2.45. The SMILES string of the molecule is CC1(C)CC(N2CCCC2)=C(C#N)/C(=C2/C(=O)CCS2=O)C1. The highest BCUT2D eigenvalue weighted by molar-refractivity contribution is 7.90. The van der Waals surface area contributed by atoms with Crippen LogP contribution in [0.15, 0.2) is 21.7 Å². The Morgan fingerprint density at radius 2 is 1.91 bits per heavy atom. The second kappa shape index (κ2) is 5.66. The van der Waals surface area contributed by atoms with Crippen molar-refractivity contribution in [2.45, 2.75) is 46.0 Å². The van der Waals surface area contributed by atoms with E-state index in [1.54, 1.807) is 0 Å². The van der Waals surface area contributed by atoms with Crippen molar-refractivity contribution in [2.24, 2.45) is 5.41 Å². The van der Waals surface area contributed by atoms with Crippen LogP contribution in [-0.2, 0) is 15.6 Å². The topological polar surface area (TPSA) is 61.2 Å². The minimum Gasteiger partial charge on any atom is -0.374 e. The summed E-state index contributed by atoms with van der Waals surface area (Å²) in [5.74, 6) is 0.384. The lowest BCUT2D eigenvalue weighted by Gasteiger charge is -2.37. The lowest BCUT2D eigenvalue weighted by molar-refractivity contribution is -0.114. The molecule has 0 aromatic rings. The Balaban J connectivity index is 2.17. The number of ketones is 1. The van der Waals surface area contributed by atoms with Crippen molar-refractivity contribution in [3.8, 4) is 6.07 Å². The van der Waals surface area contributed by atoms with Crippen LogP contribution in [0.2, 0.25) is 0 Å². The molecule has 2 heterocycles. The molecule has 3 rings (SSSR count). The van der Waals surface area contributed by atoms with Crippen molar-refractivity contribution in [1.82, 2.24) is 4.90 Å². The van der Waals surface area contributed by atoms with Gasteiger partial charge >= 0.3 is 0 Å². The van der Waals surface area contributed by atoms with Crippen LogP contribution in [0, 0.1) is 16.7 Å². The number of hydrogen-bond donors (Lipinski definition) is 0. The Labute approximate surface area is 134 Å². The summed E-state index contributed by atoms with van der Waals surface area (Å²) in [6.45, 7) is 6.30. The Hall–Kier alpha value is -1.41. The maximum absolute atomic E-state index is 12.3. The number of carbonyl (C=O) groups is 1. The summed E-state index contributed by atoms with van der Waals surface area (Å²) in [7, 11) is -1.23. The van der Waals surface area contributed by atoms with Gasteiger partial charge in [0.25, 0.3) is 0 Å². The van der Waals surface area contributed by atoms with Gasteiger partial charge in [-0.25, -0.2) is 0 Å². The molecule has 1 aliphatic carbocycles.